The van der Waals surface area contributed by atoms with E-state index in [9.17, 15) is 19.8 Å². The van der Waals surface area contributed by atoms with Gasteiger partial charge in [-0.25, -0.2) is 0 Å². The smallest absolute Gasteiger partial charge is 0.550 e. The summed E-state index contributed by atoms with van der Waals surface area (Å²) in [5.41, 5.74) is 0. The second-order valence-electron chi connectivity index (χ2n) is 1.41. The second kappa shape index (κ2) is 5.45. The van der Waals surface area contributed by atoms with Gasteiger partial charge in [0.15, 0.2) is 0 Å². The van der Waals surface area contributed by atoms with Gasteiger partial charge < -0.3 is 24.9 Å². The van der Waals surface area contributed by atoms with Crippen LogP contribution in [-0.2, 0) is 9.59 Å². The minimum atomic E-state index is -1.96. The monoisotopic (exact) mass is 156 g/mol. The molecule has 0 aromatic rings. The number of carbonyl (C=O) groups is 2. The molecule has 10 heavy (non-hydrogen) atoms. The normalized spacial score (nSPS) is 11.3. The summed E-state index contributed by atoms with van der Waals surface area (Å²) in [5.74, 6) is -3.43. The van der Waals surface area contributed by atoms with Crippen molar-refractivity contribution in [2.45, 2.75) is 12.5 Å². The molecule has 6 heteroatoms. The fraction of sp³-hybridized carbons (Fsp3) is 0.500. The maximum Gasteiger partial charge on any atom is 2.00 e. The average Bonchev–Trinajstić information content (AvgIpc) is 1.63. The van der Waals surface area contributed by atoms with Crippen molar-refractivity contribution in [3.05, 3.63) is 0 Å². The topological polar surface area (TPSA) is 100 Å². The van der Waals surface area contributed by atoms with Gasteiger partial charge in [0, 0.05) is 12.4 Å². The van der Waals surface area contributed by atoms with Gasteiger partial charge >= 0.3 is 23.1 Å². The van der Waals surface area contributed by atoms with Crippen LogP contribution in [-0.4, -0.2) is 46.2 Å². The summed E-state index contributed by atoms with van der Waals surface area (Å²) in [4.78, 5) is 19.1. The molecule has 0 saturated heterocycles. The van der Waals surface area contributed by atoms with E-state index in [0.717, 1.165) is 0 Å². The number of rotatable bonds is 3. The fourth-order valence-electron chi connectivity index (χ4n) is 0.241. The van der Waals surface area contributed by atoms with Gasteiger partial charge in [-0.2, -0.15) is 0 Å². The summed E-state index contributed by atoms with van der Waals surface area (Å²) in [6.07, 6.45) is -2.89. The summed E-state index contributed by atoms with van der Waals surface area (Å²) < 4.78 is 0. The van der Waals surface area contributed by atoms with Crippen molar-refractivity contribution in [3.8, 4) is 0 Å². The quantitative estimate of drug-likeness (QED) is 0.418. The van der Waals surface area contributed by atoms with Gasteiger partial charge in [-0.15, -0.1) is 0 Å². The number of hydrogen-bond donors (Lipinski definition) is 1. The van der Waals surface area contributed by atoms with Gasteiger partial charge in [-0.05, 0) is 0 Å². The van der Waals surface area contributed by atoms with Crippen LogP contribution < -0.4 is 10.2 Å². The molecule has 0 amide bonds. The van der Waals surface area contributed by atoms with Gasteiger partial charge in [0.2, 0.25) is 0 Å². The molecule has 52 valence electrons. The Kier molecular flexibility index (Phi) is 6.73. The summed E-state index contributed by atoms with van der Waals surface area (Å²) in [6.45, 7) is 0. The number of aliphatic carboxylic acids is 2. The molecule has 0 aliphatic heterocycles. The van der Waals surface area contributed by atoms with Crippen LogP contribution in [0.5, 0.6) is 0 Å². The first-order valence-electron chi connectivity index (χ1n) is 2.13. The van der Waals surface area contributed by atoms with Crippen molar-refractivity contribution in [2.75, 3.05) is 0 Å². The third kappa shape index (κ3) is 5.80. The van der Waals surface area contributed by atoms with Crippen molar-refractivity contribution >= 4 is 35.0 Å². The molecule has 0 bridgehead atoms. The Morgan fingerprint density at radius 3 is 1.90 bits per heavy atom. The molecule has 1 atom stereocenters. The third-order valence-electron chi connectivity index (χ3n) is 0.632. The summed E-state index contributed by atoms with van der Waals surface area (Å²) in [7, 11) is 0. The average molecular weight is 156 g/mol. The van der Waals surface area contributed by atoms with Crippen LogP contribution in [0.2, 0.25) is 0 Å². The molecule has 0 rings (SSSR count). The Labute approximate surface area is 72.8 Å². The second-order valence-corrected chi connectivity index (χ2v) is 1.41. The Balaban J connectivity index is 0. The molecular formula is C4H4MgO5. The summed E-state index contributed by atoms with van der Waals surface area (Å²) in [6, 6.07) is 0. The standard InChI is InChI=1S/C4H6O5.Mg/c5-2(4(8)9)1-3(6)7;/h2,5H,1H2,(H,6,7)(H,8,9);/q;+2/p-2/t2-;/m0./s1. The summed E-state index contributed by atoms with van der Waals surface area (Å²) >= 11 is 0. The Hall–Kier alpha value is -0.334. The zero-order valence-electron chi connectivity index (χ0n) is 5.07. The molecule has 0 aromatic heterocycles. The molecule has 0 aliphatic carbocycles. The van der Waals surface area contributed by atoms with Crippen LogP contribution in [0.1, 0.15) is 6.42 Å². The molecule has 5 nitrogen and oxygen atoms in total. The Morgan fingerprint density at radius 2 is 1.80 bits per heavy atom. The van der Waals surface area contributed by atoms with E-state index >= 15 is 0 Å². The molecule has 0 aliphatic rings. The Morgan fingerprint density at radius 1 is 1.40 bits per heavy atom. The van der Waals surface area contributed by atoms with Gasteiger partial charge in [-0.1, -0.05) is 0 Å². The molecule has 0 aromatic carbocycles. The largest absolute Gasteiger partial charge is 2.00 e. The van der Waals surface area contributed by atoms with Gasteiger partial charge in [0.1, 0.15) is 0 Å². The van der Waals surface area contributed by atoms with E-state index in [4.69, 9.17) is 5.11 Å². The van der Waals surface area contributed by atoms with Crippen molar-refractivity contribution < 1.29 is 24.9 Å². The van der Waals surface area contributed by atoms with E-state index in [1.165, 1.54) is 0 Å². The number of hydrogen-bond acceptors (Lipinski definition) is 5. The van der Waals surface area contributed by atoms with Crippen LogP contribution in [0.3, 0.4) is 0 Å². The van der Waals surface area contributed by atoms with E-state index in [2.05, 4.69) is 0 Å². The maximum atomic E-state index is 9.58. The van der Waals surface area contributed by atoms with E-state index in [-0.39, 0.29) is 23.1 Å². The molecule has 0 saturated carbocycles. The summed E-state index contributed by atoms with van der Waals surface area (Å²) in [5, 5.41) is 27.3. The Bertz CT molecular complexity index is 134. The minimum Gasteiger partial charge on any atom is -0.550 e. The first-order chi connectivity index (χ1) is 4.04. The van der Waals surface area contributed by atoms with Crippen LogP contribution in [0, 0.1) is 0 Å². The maximum absolute atomic E-state index is 9.58. The zero-order chi connectivity index (χ0) is 7.44. The number of aliphatic hydroxyl groups excluding tert-OH is 1. The number of carboxylic acids is 2. The number of carbonyl (C=O) groups excluding carboxylic acids is 2. The van der Waals surface area contributed by atoms with Crippen LogP contribution in [0.15, 0.2) is 0 Å². The molecular weight excluding hydrogens is 152 g/mol. The van der Waals surface area contributed by atoms with E-state index in [1.54, 1.807) is 0 Å². The fourth-order valence-corrected chi connectivity index (χ4v) is 0.241. The first kappa shape index (κ1) is 12.4. The van der Waals surface area contributed by atoms with Crippen LogP contribution in [0.4, 0.5) is 0 Å². The van der Waals surface area contributed by atoms with Crippen LogP contribution >= 0.6 is 0 Å². The molecule has 1 N–H and O–H groups in total. The van der Waals surface area contributed by atoms with E-state index < -0.39 is 24.5 Å². The van der Waals surface area contributed by atoms with Gasteiger partial charge in [0.25, 0.3) is 0 Å². The zero-order valence-corrected chi connectivity index (χ0v) is 6.49. The molecule has 0 heterocycles. The van der Waals surface area contributed by atoms with Crippen LogP contribution in [0.25, 0.3) is 0 Å². The first-order valence-corrected chi connectivity index (χ1v) is 2.13. The minimum absolute atomic E-state index is 0. The van der Waals surface area contributed by atoms with Crippen molar-refractivity contribution in [1.82, 2.24) is 0 Å². The number of aliphatic hydroxyl groups is 1. The van der Waals surface area contributed by atoms with Crippen molar-refractivity contribution in [3.63, 3.8) is 0 Å². The number of carboxylic acid groups (broad SMARTS) is 2. The predicted molar refractivity (Wildman–Crippen MR) is 26.4 cm³/mol. The SMILES string of the molecule is O=C([O-])C[C@H](O)C(=O)[O-].[Mg+2]. The molecule has 0 spiro atoms. The third-order valence-corrected chi connectivity index (χ3v) is 0.632. The predicted octanol–water partition coefficient (Wildman–Crippen LogP) is -4.14. The van der Waals surface area contributed by atoms with Gasteiger partial charge in [-0.3, -0.25) is 0 Å². The molecule has 0 unspecified atom stereocenters. The molecule has 0 fully saturated rings. The molecule has 0 radical (unpaired) electrons. The van der Waals surface area contributed by atoms with E-state index in [0.29, 0.717) is 0 Å². The van der Waals surface area contributed by atoms with Crippen molar-refractivity contribution in [2.24, 2.45) is 0 Å². The van der Waals surface area contributed by atoms with E-state index in [1.807, 2.05) is 0 Å². The van der Waals surface area contributed by atoms with Gasteiger partial charge in [0.05, 0.1) is 12.1 Å². The van der Waals surface area contributed by atoms with Crippen molar-refractivity contribution in [1.29, 1.82) is 0 Å².